The summed E-state index contributed by atoms with van der Waals surface area (Å²) in [5.74, 6) is 0. The largest absolute Gasteiger partial charge is 2.00 e. The Hall–Kier alpha value is -0.346. The van der Waals surface area contributed by atoms with Crippen molar-refractivity contribution < 1.29 is 31.3 Å². The van der Waals surface area contributed by atoms with E-state index >= 15 is 0 Å². The summed E-state index contributed by atoms with van der Waals surface area (Å²) in [6.45, 7) is 4.37. The van der Waals surface area contributed by atoms with Crippen molar-refractivity contribution in [1.29, 1.82) is 0 Å². The zero-order chi connectivity index (χ0) is 12.0. The van der Waals surface area contributed by atoms with Gasteiger partial charge in [-0.2, -0.15) is 0 Å². The van der Waals surface area contributed by atoms with E-state index < -0.39 is 0 Å². The first-order valence-electron chi connectivity index (χ1n) is 6.09. The van der Waals surface area contributed by atoms with Crippen molar-refractivity contribution in [2.75, 3.05) is 0 Å². The van der Waals surface area contributed by atoms with Crippen LogP contribution < -0.4 is 10.6 Å². The Balaban J connectivity index is -0.000000853. The van der Waals surface area contributed by atoms with Crippen molar-refractivity contribution >= 4 is 12.8 Å². The number of carbonyl (C=O) groups excluding carboxylic acids is 2. The molecule has 1 aliphatic rings. The number of rotatable bonds is 6. The summed E-state index contributed by atoms with van der Waals surface area (Å²) in [5, 5.41) is 5.72. The van der Waals surface area contributed by atoms with Gasteiger partial charge in [-0.15, -0.1) is 0 Å². The van der Waals surface area contributed by atoms with Gasteiger partial charge in [0.2, 0.25) is 12.8 Å². The minimum atomic E-state index is 0. The van der Waals surface area contributed by atoms with Crippen LogP contribution in [0.2, 0.25) is 0 Å². The zero-order valence-electron chi connectivity index (χ0n) is 12.7. The summed E-state index contributed by atoms with van der Waals surface area (Å²) in [7, 11) is 0. The fourth-order valence-corrected chi connectivity index (χ4v) is 2.91. The van der Waals surface area contributed by atoms with Gasteiger partial charge < -0.3 is 25.5 Å². The first-order chi connectivity index (χ1) is 7.69. The molecule has 0 aromatic heterocycles. The molecule has 2 atom stereocenters. The minimum Gasteiger partial charge on any atom is -0.358 e. The topological polar surface area (TPSA) is 58.2 Å². The van der Waals surface area contributed by atoms with Gasteiger partial charge in [0.05, 0.1) is 0 Å². The Labute approximate surface area is 133 Å². The van der Waals surface area contributed by atoms with Crippen LogP contribution in [-0.4, -0.2) is 24.9 Å². The summed E-state index contributed by atoms with van der Waals surface area (Å²) in [4.78, 5) is 21.0. The molecule has 0 saturated heterocycles. The Kier molecular flexibility index (Phi) is 14.3. The Morgan fingerprint density at radius 2 is 1.37 bits per heavy atom. The molecule has 0 radical (unpaired) electrons. The molecule has 5 heteroatoms. The van der Waals surface area contributed by atoms with Gasteiger partial charge >= 0.3 is 21.7 Å². The smallest absolute Gasteiger partial charge is 0.358 e. The van der Waals surface area contributed by atoms with Crippen LogP contribution in [0.25, 0.3) is 0 Å². The normalized spacial score (nSPS) is 23.7. The molecule has 1 saturated carbocycles. The quantitative estimate of drug-likeness (QED) is 0.448. The van der Waals surface area contributed by atoms with Gasteiger partial charge in [0.25, 0.3) is 0 Å². The summed E-state index contributed by atoms with van der Waals surface area (Å²) in [5.41, 5.74) is 0.263. The Morgan fingerprint density at radius 1 is 1.00 bits per heavy atom. The van der Waals surface area contributed by atoms with E-state index in [2.05, 4.69) is 24.5 Å². The van der Waals surface area contributed by atoms with Crippen molar-refractivity contribution in [3.05, 3.63) is 14.9 Å². The molecule has 2 amide bonds. The molecule has 0 bridgehead atoms. The van der Waals surface area contributed by atoms with Crippen LogP contribution in [-0.2, 0) is 31.3 Å². The molecule has 19 heavy (non-hydrogen) atoms. The van der Waals surface area contributed by atoms with Crippen molar-refractivity contribution in [2.24, 2.45) is 5.41 Å². The van der Waals surface area contributed by atoms with E-state index in [9.17, 15) is 9.59 Å². The second-order valence-corrected chi connectivity index (χ2v) is 4.81. The van der Waals surface area contributed by atoms with Gasteiger partial charge in [-0.05, 0) is 24.7 Å². The predicted octanol–water partition coefficient (Wildman–Crippen LogP) is 2.10. The van der Waals surface area contributed by atoms with E-state index in [1.54, 1.807) is 0 Å². The molecule has 0 spiro atoms. The first kappa shape index (κ1) is 23.7. The molecule has 2 N–H and O–H groups in total. The molecule has 0 aromatic rings. The standard InChI is InChI=1S/C12H22N2O2.2CH3.Ti/c1-3-12(4-2)6-10(13-8-15)5-11(7-12)14-9-16;;;/h8-11H,3-7H2,1-2H3,(H,13,15)(H,14,16);2*1H3;/q;2*-1;+2. The summed E-state index contributed by atoms with van der Waals surface area (Å²) >= 11 is 0. The molecular weight excluding hydrogens is 276 g/mol. The van der Waals surface area contributed by atoms with E-state index in [0.29, 0.717) is 0 Å². The van der Waals surface area contributed by atoms with E-state index in [-0.39, 0.29) is 54.1 Å². The van der Waals surface area contributed by atoms with E-state index in [4.69, 9.17) is 0 Å². The fraction of sp³-hybridized carbons (Fsp3) is 0.714. The average molecular weight is 304 g/mol. The Morgan fingerprint density at radius 3 is 1.63 bits per heavy atom. The molecule has 0 aliphatic heterocycles. The third-order valence-electron chi connectivity index (χ3n) is 4.04. The van der Waals surface area contributed by atoms with E-state index in [1.807, 2.05) is 0 Å². The van der Waals surface area contributed by atoms with Gasteiger partial charge in [0, 0.05) is 12.1 Å². The number of hydrogen-bond acceptors (Lipinski definition) is 2. The van der Waals surface area contributed by atoms with Crippen LogP contribution in [0, 0.1) is 20.3 Å². The maximum Gasteiger partial charge on any atom is 2.00 e. The zero-order valence-corrected chi connectivity index (χ0v) is 14.2. The van der Waals surface area contributed by atoms with Gasteiger partial charge in [0.15, 0.2) is 0 Å². The summed E-state index contributed by atoms with van der Waals surface area (Å²) in [6, 6.07) is 0.396. The van der Waals surface area contributed by atoms with Crippen LogP contribution in [0.1, 0.15) is 46.0 Å². The molecule has 0 aromatic carbocycles. The van der Waals surface area contributed by atoms with Gasteiger partial charge in [0.1, 0.15) is 0 Å². The summed E-state index contributed by atoms with van der Waals surface area (Å²) in [6.07, 6.45) is 6.62. The predicted molar refractivity (Wildman–Crippen MR) is 75.7 cm³/mol. The Bertz CT molecular complexity index is 226. The molecule has 1 aliphatic carbocycles. The van der Waals surface area contributed by atoms with E-state index in [0.717, 1.165) is 44.9 Å². The molecule has 0 heterocycles. The molecule has 110 valence electrons. The summed E-state index contributed by atoms with van der Waals surface area (Å²) < 4.78 is 0. The third-order valence-corrected chi connectivity index (χ3v) is 4.04. The van der Waals surface area contributed by atoms with Crippen molar-refractivity contribution in [1.82, 2.24) is 10.6 Å². The average Bonchev–Trinajstić information content (AvgIpc) is 2.29. The van der Waals surface area contributed by atoms with Gasteiger partial charge in [-0.1, -0.05) is 26.7 Å². The molecule has 2 unspecified atom stereocenters. The van der Waals surface area contributed by atoms with E-state index in [1.165, 1.54) is 0 Å². The fourth-order valence-electron chi connectivity index (χ4n) is 2.91. The maximum atomic E-state index is 10.5. The first-order valence-corrected chi connectivity index (χ1v) is 6.09. The number of amides is 2. The van der Waals surface area contributed by atoms with Crippen molar-refractivity contribution in [3.8, 4) is 0 Å². The molecule has 1 fully saturated rings. The monoisotopic (exact) mass is 304 g/mol. The number of hydrogen-bond donors (Lipinski definition) is 2. The second-order valence-electron chi connectivity index (χ2n) is 4.81. The molecule has 1 rings (SSSR count). The second kappa shape index (κ2) is 11.5. The van der Waals surface area contributed by atoms with Crippen LogP contribution in [0.4, 0.5) is 0 Å². The third kappa shape index (κ3) is 6.57. The van der Waals surface area contributed by atoms with Crippen LogP contribution in [0.3, 0.4) is 0 Å². The van der Waals surface area contributed by atoms with Crippen LogP contribution in [0.15, 0.2) is 0 Å². The van der Waals surface area contributed by atoms with Crippen molar-refractivity contribution in [3.63, 3.8) is 0 Å². The molecule has 4 nitrogen and oxygen atoms in total. The SMILES string of the molecule is CCC1(CC)CC(NC=O)CC(NC=O)C1.[CH3-].[CH3-].[Ti+2]. The van der Waals surface area contributed by atoms with Gasteiger partial charge in [-0.25, -0.2) is 0 Å². The molecular formula is C14H28N2O2Ti. The number of carbonyl (C=O) groups is 2. The maximum absolute atomic E-state index is 10.5. The van der Waals surface area contributed by atoms with Crippen LogP contribution >= 0.6 is 0 Å². The van der Waals surface area contributed by atoms with Crippen molar-refractivity contribution in [2.45, 2.75) is 58.0 Å². The number of nitrogens with one attached hydrogen (secondary N) is 2. The van der Waals surface area contributed by atoms with Crippen LogP contribution in [0.5, 0.6) is 0 Å². The minimum absolute atomic E-state index is 0. The van der Waals surface area contributed by atoms with Gasteiger partial charge in [-0.3, -0.25) is 9.59 Å².